The van der Waals surface area contributed by atoms with Crippen molar-refractivity contribution in [3.8, 4) is 6.07 Å². The van der Waals surface area contributed by atoms with Gasteiger partial charge in [0.15, 0.2) is 0 Å². The van der Waals surface area contributed by atoms with Crippen molar-refractivity contribution in [2.45, 2.75) is 12.8 Å². The molecule has 1 unspecified atom stereocenters. The summed E-state index contributed by atoms with van der Waals surface area (Å²) in [5.74, 6) is 0.115. The molecular formula is C8H9N. The van der Waals surface area contributed by atoms with Crippen molar-refractivity contribution in [3.05, 3.63) is 24.3 Å². The molecule has 46 valence electrons. The minimum absolute atomic E-state index is 0.115. The number of nitrogens with zero attached hydrogens (tertiary/aromatic N) is 1. The zero-order valence-corrected chi connectivity index (χ0v) is 5.25. The lowest BCUT2D eigenvalue weighted by atomic mass is 10.1. The second-order valence-electron chi connectivity index (χ2n) is 2.11. The van der Waals surface area contributed by atoms with Gasteiger partial charge in [0, 0.05) is 0 Å². The molecule has 0 fully saturated rings. The standard InChI is InChI=1S/C8H9N/c9-7-8-5-3-1-2-4-6-8/h1,3-4,6,8H,2,5H2. The number of nitriles is 1. The molecular weight excluding hydrogens is 110 g/mol. The Kier molecular flexibility index (Phi) is 2.09. The first kappa shape index (κ1) is 6.10. The smallest absolute Gasteiger partial charge is 0.0700 e. The normalized spacial score (nSPS) is 25.0. The maximum absolute atomic E-state index is 8.48. The lowest BCUT2D eigenvalue weighted by molar-refractivity contribution is 0.852. The molecule has 0 aromatic heterocycles. The predicted octanol–water partition coefficient (Wildman–Crippen LogP) is 2.03. The van der Waals surface area contributed by atoms with Gasteiger partial charge in [-0.05, 0) is 12.8 Å². The molecule has 0 bridgehead atoms. The second kappa shape index (κ2) is 3.09. The van der Waals surface area contributed by atoms with Crippen molar-refractivity contribution in [2.24, 2.45) is 5.92 Å². The lowest BCUT2D eigenvalue weighted by Gasteiger charge is -1.92. The van der Waals surface area contributed by atoms with Crippen LogP contribution in [0.1, 0.15) is 12.8 Å². The van der Waals surface area contributed by atoms with Crippen LogP contribution < -0.4 is 0 Å². The van der Waals surface area contributed by atoms with E-state index in [0.29, 0.717) is 0 Å². The molecule has 0 N–H and O–H groups in total. The van der Waals surface area contributed by atoms with Gasteiger partial charge >= 0.3 is 0 Å². The zero-order valence-electron chi connectivity index (χ0n) is 5.25. The average molecular weight is 119 g/mol. The van der Waals surface area contributed by atoms with E-state index in [1.165, 1.54) is 0 Å². The SMILES string of the molecule is N#CC1C=CCC=CC1. The maximum Gasteiger partial charge on any atom is 0.0700 e. The molecule has 0 spiro atoms. The molecule has 1 aliphatic carbocycles. The largest absolute Gasteiger partial charge is 0.198 e. The van der Waals surface area contributed by atoms with Gasteiger partial charge in [-0.3, -0.25) is 0 Å². The molecule has 0 radical (unpaired) electrons. The Morgan fingerprint density at radius 2 is 2.22 bits per heavy atom. The third-order valence-electron chi connectivity index (χ3n) is 1.36. The van der Waals surface area contributed by atoms with Crippen molar-refractivity contribution in [1.29, 1.82) is 5.26 Å². The topological polar surface area (TPSA) is 23.8 Å². The van der Waals surface area contributed by atoms with Gasteiger partial charge in [0.25, 0.3) is 0 Å². The summed E-state index contributed by atoms with van der Waals surface area (Å²) in [6.07, 6.45) is 10.0. The fraction of sp³-hybridized carbons (Fsp3) is 0.375. The quantitative estimate of drug-likeness (QED) is 0.447. The minimum Gasteiger partial charge on any atom is -0.198 e. The first-order valence-electron chi connectivity index (χ1n) is 3.15. The maximum atomic E-state index is 8.48. The minimum atomic E-state index is 0.115. The zero-order chi connectivity index (χ0) is 6.53. The molecule has 0 aliphatic heterocycles. The predicted molar refractivity (Wildman–Crippen MR) is 36.6 cm³/mol. The van der Waals surface area contributed by atoms with E-state index in [9.17, 15) is 0 Å². The lowest BCUT2D eigenvalue weighted by Crippen LogP contribution is -1.86. The van der Waals surface area contributed by atoms with Crippen LogP contribution in [0, 0.1) is 17.2 Å². The van der Waals surface area contributed by atoms with Crippen LogP contribution in [0.3, 0.4) is 0 Å². The van der Waals surface area contributed by atoms with E-state index in [1.807, 2.05) is 12.2 Å². The molecule has 1 heteroatoms. The molecule has 9 heavy (non-hydrogen) atoms. The summed E-state index contributed by atoms with van der Waals surface area (Å²) in [4.78, 5) is 0. The van der Waals surface area contributed by atoms with Crippen LogP contribution in [-0.4, -0.2) is 0 Å². The van der Waals surface area contributed by atoms with Crippen LogP contribution in [0.4, 0.5) is 0 Å². The van der Waals surface area contributed by atoms with Crippen LogP contribution in [0.2, 0.25) is 0 Å². The molecule has 1 aliphatic rings. The number of rotatable bonds is 0. The second-order valence-corrected chi connectivity index (χ2v) is 2.11. The van der Waals surface area contributed by atoms with Gasteiger partial charge in [-0.15, -0.1) is 0 Å². The van der Waals surface area contributed by atoms with E-state index < -0.39 is 0 Å². The summed E-state index contributed by atoms with van der Waals surface area (Å²) in [6, 6.07) is 2.21. The number of allylic oxidation sites excluding steroid dienone is 4. The highest BCUT2D eigenvalue weighted by molar-refractivity contribution is 5.08. The highest BCUT2D eigenvalue weighted by Gasteiger charge is 1.99. The molecule has 0 saturated carbocycles. The molecule has 0 aromatic carbocycles. The van der Waals surface area contributed by atoms with Crippen LogP contribution in [0.5, 0.6) is 0 Å². The third-order valence-corrected chi connectivity index (χ3v) is 1.36. The van der Waals surface area contributed by atoms with E-state index in [2.05, 4.69) is 18.2 Å². The third kappa shape index (κ3) is 1.73. The summed E-state index contributed by atoms with van der Waals surface area (Å²) in [5.41, 5.74) is 0. The Hall–Kier alpha value is -1.03. The van der Waals surface area contributed by atoms with Gasteiger partial charge in [-0.1, -0.05) is 24.3 Å². The van der Waals surface area contributed by atoms with Gasteiger partial charge < -0.3 is 0 Å². The summed E-state index contributed by atoms with van der Waals surface area (Å²) in [7, 11) is 0. The van der Waals surface area contributed by atoms with E-state index in [1.54, 1.807) is 0 Å². The Morgan fingerprint density at radius 1 is 1.33 bits per heavy atom. The Morgan fingerprint density at radius 3 is 3.00 bits per heavy atom. The van der Waals surface area contributed by atoms with Gasteiger partial charge in [0.1, 0.15) is 0 Å². The number of hydrogen-bond acceptors (Lipinski definition) is 1. The Labute approximate surface area is 55.3 Å². The highest BCUT2D eigenvalue weighted by atomic mass is 14.3. The molecule has 1 rings (SSSR count). The van der Waals surface area contributed by atoms with Gasteiger partial charge in [0.05, 0.1) is 12.0 Å². The molecule has 1 atom stereocenters. The highest BCUT2D eigenvalue weighted by Crippen LogP contribution is 2.09. The van der Waals surface area contributed by atoms with Crippen LogP contribution in [0.15, 0.2) is 24.3 Å². The monoisotopic (exact) mass is 119 g/mol. The van der Waals surface area contributed by atoms with E-state index in [0.717, 1.165) is 12.8 Å². The van der Waals surface area contributed by atoms with E-state index >= 15 is 0 Å². The molecule has 0 saturated heterocycles. The average Bonchev–Trinajstić information content (AvgIpc) is 2.13. The summed E-state index contributed by atoms with van der Waals surface area (Å²) >= 11 is 0. The number of hydrogen-bond donors (Lipinski definition) is 0. The fourth-order valence-electron chi connectivity index (χ4n) is 0.835. The summed E-state index contributed by atoms with van der Waals surface area (Å²) in [5, 5.41) is 8.48. The molecule has 1 nitrogen and oxygen atoms in total. The Balaban J connectivity index is 2.57. The Bertz CT molecular complexity index is 171. The van der Waals surface area contributed by atoms with Crippen molar-refractivity contribution >= 4 is 0 Å². The van der Waals surface area contributed by atoms with Crippen molar-refractivity contribution in [2.75, 3.05) is 0 Å². The van der Waals surface area contributed by atoms with Gasteiger partial charge in [-0.25, -0.2) is 0 Å². The van der Waals surface area contributed by atoms with Crippen LogP contribution in [0.25, 0.3) is 0 Å². The first-order valence-corrected chi connectivity index (χ1v) is 3.15. The van der Waals surface area contributed by atoms with Gasteiger partial charge in [-0.2, -0.15) is 5.26 Å². The van der Waals surface area contributed by atoms with Crippen molar-refractivity contribution in [1.82, 2.24) is 0 Å². The first-order chi connectivity index (χ1) is 4.43. The van der Waals surface area contributed by atoms with Crippen molar-refractivity contribution < 1.29 is 0 Å². The summed E-state index contributed by atoms with van der Waals surface area (Å²) in [6.45, 7) is 0. The molecule has 0 heterocycles. The molecule has 0 aromatic rings. The van der Waals surface area contributed by atoms with E-state index in [-0.39, 0.29) is 5.92 Å². The summed E-state index contributed by atoms with van der Waals surface area (Å²) < 4.78 is 0. The van der Waals surface area contributed by atoms with Gasteiger partial charge in [0.2, 0.25) is 0 Å². The van der Waals surface area contributed by atoms with E-state index in [4.69, 9.17) is 5.26 Å². The van der Waals surface area contributed by atoms with Crippen LogP contribution in [-0.2, 0) is 0 Å². The van der Waals surface area contributed by atoms with Crippen molar-refractivity contribution in [3.63, 3.8) is 0 Å². The molecule has 0 amide bonds. The van der Waals surface area contributed by atoms with Crippen LogP contribution >= 0.6 is 0 Å². The fourth-order valence-corrected chi connectivity index (χ4v) is 0.835.